The minimum atomic E-state index is -1.03. The number of carboxylic acid groups (broad SMARTS) is 1. The first kappa shape index (κ1) is 26.8. The molecule has 0 bridgehead atoms. The number of esters is 1. The number of rotatable bonds is 12. The van der Waals surface area contributed by atoms with E-state index >= 15 is 0 Å². The SMILES string of the molecule is CN(C)CC(COc1ccc(Cl)cc1CCc1ccccc1)OC(=O)CCC(=O)O.Cl. The van der Waals surface area contributed by atoms with Crippen LogP contribution in [0.15, 0.2) is 48.5 Å². The number of carboxylic acids is 1. The van der Waals surface area contributed by atoms with E-state index < -0.39 is 18.0 Å². The van der Waals surface area contributed by atoms with E-state index in [9.17, 15) is 9.59 Å². The van der Waals surface area contributed by atoms with E-state index in [-0.39, 0.29) is 31.9 Å². The fourth-order valence-electron chi connectivity index (χ4n) is 2.98. The second-order valence-electron chi connectivity index (χ2n) is 7.32. The predicted molar refractivity (Wildman–Crippen MR) is 123 cm³/mol. The quantitative estimate of drug-likeness (QED) is 0.467. The molecule has 0 saturated carbocycles. The predicted octanol–water partition coefficient (Wildman–Crippen LogP) is 4.26. The fraction of sp³-hybridized carbons (Fsp3) is 0.391. The highest BCUT2D eigenvalue weighted by Gasteiger charge is 2.18. The molecule has 1 unspecified atom stereocenters. The van der Waals surface area contributed by atoms with Crippen LogP contribution < -0.4 is 4.74 Å². The van der Waals surface area contributed by atoms with Crippen LogP contribution in [0.2, 0.25) is 5.02 Å². The molecule has 1 atom stereocenters. The maximum Gasteiger partial charge on any atom is 0.306 e. The molecule has 0 radical (unpaired) electrons. The van der Waals surface area contributed by atoms with Gasteiger partial charge in [0.2, 0.25) is 0 Å². The molecule has 0 aliphatic carbocycles. The number of likely N-dealkylation sites (N-methyl/N-ethyl adjacent to an activating group) is 1. The van der Waals surface area contributed by atoms with Crippen molar-refractivity contribution in [3.63, 3.8) is 0 Å². The van der Waals surface area contributed by atoms with Crippen molar-refractivity contribution in [3.8, 4) is 5.75 Å². The molecule has 1 N–H and O–H groups in total. The third-order valence-electron chi connectivity index (χ3n) is 4.38. The van der Waals surface area contributed by atoms with Crippen LogP contribution in [0.5, 0.6) is 5.75 Å². The topological polar surface area (TPSA) is 76.1 Å². The van der Waals surface area contributed by atoms with Gasteiger partial charge in [-0.2, -0.15) is 0 Å². The van der Waals surface area contributed by atoms with Crippen LogP contribution in [-0.4, -0.2) is 55.3 Å². The number of benzene rings is 2. The Bertz CT molecular complexity index is 830. The maximum atomic E-state index is 11.9. The second-order valence-corrected chi connectivity index (χ2v) is 7.75. The highest BCUT2D eigenvalue weighted by atomic mass is 35.5. The molecule has 0 aliphatic rings. The van der Waals surface area contributed by atoms with Crippen molar-refractivity contribution in [2.24, 2.45) is 0 Å². The van der Waals surface area contributed by atoms with Crippen LogP contribution in [0.4, 0.5) is 0 Å². The van der Waals surface area contributed by atoms with Crippen molar-refractivity contribution in [3.05, 3.63) is 64.7 Å². The van der Waals surface area contributed by atoms with E-state index in [1.165, 1.54) is 5.56 Å². The molecule has 6 nitrogen and oxygen atoms in total. The average Bonchev–Trinajstić information content (AvgIpc) is 2.70. The third kappa shape index (κ3) is 10.5. The molecule has 31 heavy (non-hydrogen) atoms. The van der Waals surface area contributed by atoms with Crippen LogP contribution in [-0.2, 0) is 27.2 Å². The minimum Gasteiger partial charge on any atom is -0.489 e. The summed E-state index contributed by atoms with van der Waals surface area (Å²) >= 11 is 6.18. The van der Waals surface area contributed by atoms with Gasteiger partial charge in [-0.25, -0.2) is 0 Å². The monoisotopic (exact) mass is 469 g/mol. The molecule has 170 valence electrons. The van der Waals surface area contributed by atoms with E-state index in [0.29, 0.717) is 17.3 Å². The van der Waals surface area contributed by atoms with E-state index in [4.69, 9.17) is 26.2 Å². The van der Waals surface area contributed by atoms with E-state index in [0.717, 1.165) is 18.4 Å². The van der Waals surface area contributed by atoms with Gasteiger partial charge >= 0.3 is 11.9 Å². The van der Waals surface area contributed by atoms with Crippen LogP contribution >= 0.6 is 24.0 Å². The van der Waals surface area contributed by atoms with Crippen molar-refractivity contribution in [2.45, 2.75) is 31.8 Å². The van der Waals surface area contributed by atoms with Gasteiger partial charge in [0.1, 0.15) is 18.5 Å². The van der Waals surface area contributed by atoms with Crippen molar-refractivity contribution in [2.75, 3.05) is 27.2 Å². The van der Waals surface area contributed by atoms with Gasteiger partial charge in [-0.1, -0.05) is 41.9 Å². The Morgan fingerprint density at radius 3 is 2.42 bits per heavy atom. The van der Waals surface area contributed by atoms with Crippen molar-refractivity contribution >= 4 is 35.9 Å². The molecule has 0 heterocycles. The smallest absolute Gasteiger partial charge is 0.306 e. The number of aliphatic carboxylic acids is 1. The molecule has 8 heteroatoms. The summed E-state index contributed by atoms with van der Waals surface area (Å²) in [7, 11) is 3.73. The lowest BCUT2D eigenvalue weighted by molar-refractivity contribution is -0.153. The van der Waals surface area contributed by atoms with Crippen LogP contribution in [0.1, 0.15) is 24.0 Å². The van der Waals surface area contributed by atoms with Gasteiger partial charge in [0.05, 0.1) is 12.8 Å². The summed E-state index contributed by atoms with van der Waals surface area (Å²) in [5.41, 5.74) is 2.20. The van der Waals surface area contributed by atoms with Crippen LogP contribution in [0.25, 0.3) is 0 Å². The van der Waals surface area contributed by atoms with Gasteiger partial charge in [0.25, 0.3) is 0 Å². The van der Waals surface area contributed by atoms with Gasteiger partial charge in [0.15, 0.2) is 0 Å². The lowest BCUT2D eigenvalue weighted by Gasteiger charge is -2.22. The van der Waals surface area contributed by atoms with E-state index in [1.54, 1.807) is 6.07 Å². The zero-order valence-corrected chi connectivity index (χ0v) is 19.3. The molecule has 2 aromatic carbocycles. The lowest BCUT2D eigenvalue weighted by atomic mass is 10.0. The molecule has 2 rings (SSSR count). The minimum absolute atomic E-state index is 0. The zero-order chi connectivity index (χ0) is 21.9. The molecule has 0 fully saturated rings. The molecular formula is C23H29Cl2NO5. The summed E-state index contributed by atoms with van der Waals surface area (Å²) in [5.74, 6) is -0.884. The number of ether oxygens (including phenoxy) is 2. The molecule has 0 saturated heterocycles. The maximum absolute atomic E-state index is 11.9. The largest absolute Gasteiger partial charge is 0.489 e. The van der Waals surface area contributed by atoms with E-state index in [2.05, 4.69) is 12.1 Å². The number of carbonyl (C=O) groups is 2. The first-order valence-corrected chi connectivity index (χ1v) is 10.2. The standard InChI is InChI=1S/C23H28ClNO5.ClH/c1-25(2)15-20(30-23(28)13-12-22(26)27)16-29-21-11-10-19(24)14-18(21)9-8-17-6-4-3-5-7-17;/h3-7,10-11,14,20H,8-9,12-13,15-16H2,1-2H3,(H,26,27);1H. The summed E-state index contributed by atoms with van der Waals surface area (Å²) in [6.07, 6.45) is 0.677. The van der Waals surface area contributed by atoms with Crippen LogP contribution in [0, 0.1) is 0 Å². The number of carbonyl (C=O) groups excluding carboxylic acids is 1. The third-order valence-corrected chi connectivity index (χ3v) is 4.62. The Kier molecular flexibility index (Phi) is 12.0. The molecular weight excluding hydrogens is 441 g/mol. The van der Waals surface area contributed by atoms with Crippen LogP contribution in [0.3, 0.4) is 0 Å². The number of nitrogens with zero attached hydrogens (tertiary/aromatic N) is 1. The van der Waals surface area contributed by atoms with Gasteiger partial charge in [0, 0.05) is 11.6 Å². The fourth-order valence-corrected chi connectivity index (χ4v) is 3.17. The number of hydrogen-bond acceptors (Lipinski definition) is 5. The average molecular weight is 470 g/mol. The Balaban J connectivity index is 0.00000480. The summed E-state index contributed by atoms with van der Waals surface area (Å²) < 4.78 is 11.4. The second kappa shape index (κ2) is 13.9. The van der Waals surface area contributed by atoms with Crippen molar-refractivity contribution < 1.29 is 24.2 Å². The van der Waals surface area contributed by atoms with Gasteiger partial charge < -0.3 is 19.5 Å². The molecule has 0 spiro atoms. The Labute approximate surface area is 194 Å². The lowest BCUT2D eigenvalue weighted by Crippen LogP contribution is -2.35. The first-order chi connectivity index (χ1) is 14.3. The summed E-state index contributed by atoms with van der Waals surface area (Å²) in [5, 5.41) is 9.36. The molecule has 0 aromatic heterocycles. The number of aryl methyl sites for hydroxylation is 2. The highest BCUT2D eigenvalue weighted by Crippen LogP contribution is 2.25. The Morgan fingerprint density at radius 2 is 1.77 bits per heavy atom. The molecule has 2 aromatic rings. The summed E-state index contributed by atoms with van der Waals surface area (Å²) in [4.78, 5) is 24.5. The Hall–Kier alpha value is -2.28. The van der Waals surface area contributed by atoms with Crippen molar-refractivity contribution in [1.29, 1.82) is 0 Å². The normalized spacial score (nSPS) is 11.5. The highest BCUT2D eigenvalue weighted by molar-refractivity contribution is 6.30. The number of halogens is 2. The van der Waals surface area contributed by atoms with Gasteiger partial charge in [-0.15, -0.1) is 12.4 Å². The molecule has 0 aliphatic heterocycles. The molecule has 0 amide bonds. The Morgan fingerprint density at radius 1 is 1.06 bits per heavy atom. The summed E-state index contributed by atoms with van der Waals surface area (Å²) in [6.45, 7) is 0.628. The summed E-state index contributed by atoms with van der Waals surface area (Å²) in [6, 6.07) is 15.6. The number of hydrogen-bond donors (Lipinski definition) is 1. The van der Waals surface area contributed by atoms with Gasteiger partial charge in [-0.05, 0) is 56.3 Å². The first-order valence-electron chi connectivity index (χ1n) is 9.84. The van der Waals surface area contributed by atoms with Crippen molar-refractivity contribution in [1.82, 2.24) is 4.90 Å². The van der Waals surface area contributed by atoms with E-state index in [1.807, 2.05) is 49.3 Å². The van der Waals surface area contributed by atoms with Gasteiger partial charge in [-0.3, -0.25) is 9.59 Å². The zero-order valence-electron chi connectivity index (χ0n) is 17.8.